The maximum atomic E-state index is 11.8. The Balaban J connectivity index is 1.62. The zero-order valence-electron chi connectivity index (χ0n) is 13.6. The van der Waals surface area contributed by atoms with Gasteiger partial charge in [-0.1, -0.05) is 0 Å². The van der Waals surface area contributed by atoms with E-state index in [-0.39, 0.29) is 18.1 Å². The number of cyclic esters (lactones) is 1. The molecule has 0 radical (unpaired) electrons. The summed E-state index contributed by atoms with van der Waals surface area (Å²) in [6.45, 7) is 5.60. The molecule has 1 atom stereocenters. The first-order valence-electron chi connectivity index (χ1n) is 8.07. The lowest BCUT2D eigenvalue weighted by atomic mass is 9.92. The van der Waals surface area contributed by atoms with E-state index in [1.165, 1.54) is 4.90 Å². The average Bonchev–Trinajstić information content (AvgIpc) is 2.87. The second kappa shape index (κ2) is 6.52. The van der Waals surface area contributed by atoms with Crippen LogP contribution in [-0.2, 0) is 16.0 Å². The molecule has 124 valence electrons. The fourth-order valence-electron chi connectivity index (χ4n) is 3.16. The number of anilines is 1. The quantitative estimate of drug-likeness (QED) is 0.846. The molecule has 7 heteroatoms. The number of nitrogens with zero attached hydrogens (tertiary/aromatic N) is 4. The first kappa shape index (κ1) is 15.7. The number of hydrogen-bond acceptors (Lipinski definition) is 5. The number of rotatable bonds is 3. The van der Waals surface area contributed by atoms with Crippen molar-refractivity contribution in [2.45, 2.75) is 39.2 Å². The molecule has 3 heterocycles. The Hall–Kier alpha value is -2.18. The summed E-state index contributed by atoms with van der Waals surface area (Å²) in [4.78, 5) is 35.4. The minimum Gasteiger partial charge on any atom is -0.444 e. The highest BCUT2D eigenvalue weighted by Crippen LogP contribution is 2.23. The monoisotopic (exact) mass is 318 g/mol. The van der Waals surface area contributed by atoms with Crippen LogP contribution in [0.15, 0.2) is 12.4 Å². The highest BCUT2D eigenvalue weighted by atomic mass is 16.6. The first-order valence-corrected chi connectivity index (χ1v) is 8.07. The van der Waals surface area contributed by atoms with Gasteiger partial charge in [0.2, 0.25) is 5.91 Å². The van der Waals surface area contributed by atoms with Crippen LogP contribution in [0.4, 0.5) is 10.6 Å². The molecule has 23 heavy (non-hydrogen) atoms. The Kier molecular flexibility index (Phi) is 4.45. The van der Waals surface area contributed by atoms with Gasteiger partial charge in [-0.25, -0.2) is 9.78 Å². The molecule has 0 unspecified atom stereocenters. The van der Waals surface area contributed by atoms with Crippen molar-refractivity contribution in [3.63, 3.8) is 0 Å². The largest absolute Gasteiger partial charge is 0.444 e. The van der Waals surface area contributed by atoms with E-state index in [4.69, 9.17) is 4.74 Å². The number of carbonyl (C=O) groups excluding carboxylic acids is 2. The van der Waals surface area contributed by atoms with Crippen molar-refractivity contribution in [2.75, 3.05) is 24.5 Å². The Labute approximate surface area is 135 Å². The third kappa shape index (κ3) is 3.60. The van der Waals surface area contributed by atoms with Crippen molar-refractivity contribution >= 4 is 17.8 Å². The number of amides is 2. The third-order valence-electron chi connectivity index (χ3n) is 4.47. The summed E-state index contributed by atoms with van der Waals surface area (Å²) in [5.41, 5.74) is 0.885. The van der Waals surface area contributed by atoms with Crippen molar-refractivity contribution < 1.29 is 14.3 Å². The van der Waals surface area contributed by atoms with Crippen molar-refractivity contribution in [3.05, 3.63) is 18.1 Å². The number of hydrogen-bond donors (Lipinski definition) is 0. The van der Waals surface area contributed by atoms with Crippen molar-refractivity contribution in [3.8, 4) is 0 Å². The van der Waals surface area contributed by atoms with Crippen LogP contribution in [0.1, 0.15) is 32.4 Å². The van der Waals surface area contributed by atoms with E-state index < -0.39 is 0 Å². The molecule has 0 aliphatic carbocycles. The lowest BCUT2D eigenvalue weighted by molar-refractivity contribution is -0.130. The van der Waals surface area contributed by atoms with Crippen LogP contribution in [-0.4, -0.2) is 52.6 Å². The minimum atomic E-state index is -0.362. The summed E-state index contributed by atoms with van der Waals surface area (Å²) >= 11 is 0. The van der Waals surface area contributed by atoms with E-state index in [0.29, 0.717) is 18.3 Å². The van der Waals surface area contributed by atoms with Crippen LogP contribution in [0, 0.1) is 5.92 Å². The summed E-state index contributed by atoms with van der Waals surface area (Å²) < 4.78 is 5.13. The van der Waals surface area contributed by atoms with E-state index >= 15 is 0 Å². The van der Waals surface area contributed by atoms with E-state index in [2.05, 4.69) is 9.97 Å². The molecule has 0 spiro atoms. The summed E-state index contributed by atoms with van der Waals surface area (Å²) in [5, 5.41) is 0. The van der Waals surface area contributed by atoms with Crippen LogP contribution < -0.4 is 4.90 Å². The van der Waals surface area contributed by atoms with Gasteiger partial charge in [-0.15, -0.1) is 0 Å². The van der Waals surface area contributed by atoms with Gasteiger partial charge in [-0.05, 0) is 32.1 Å². The standard InChI is InChI=1S/C16H22N4O3/c1-11-10-20(16(22)23-11)15-9-17-8-14(18-15)7-13-3-5-19(6-4-13)12(2)21/h8-9,11,13H,3-7,10H2,1-2H3/t11-/m1/s1. The van der Waals surface area contributed by atoms with Gasteiger partial charge in [0.1, 0.15) is 6.10 Å². The highest BCUT2D eigenvalue weighted by molar-refractivity contribution is 5.88. The number of likely N-dealkylation sites (tertiary alicyclic amines) is 1. The third-order valence-corrected chi connectivity index (χ3v) is 4.47. The Morgan fingerprint density at radius 1 is 1.35 bits per heavy atom. The van der Waals surface area contributed by atoms with Crippen molar-refractivity contribution in [1.29, 1.82) is 0 Å². The van der Waals surface area contributed by atoms with Crippen molar-refractivity contribution in [2.24, 2.45) is 5.92 Å². The molecular formula is C16H22N4O3. The topological polar surface area (TPSA) is 75.6 Å². The molecule has 2 amide bonds. The predicted octanol–water partition coefficient (Wildman–Crippen LogP) is 1.62. The number of ether oxygens (including phenoxy) is 1. The van der Waals surface area contributed by atoms with E-state index in [1.807, 2.05) is 11.8 Å². The number of piperidine rings is 1. The molecular weight excluding hydrogens is 296 g/mol. The second-order valence-electron chi connectivity index (χ2n) is 6.33. The average molecular weight is 318 g/mol. The van der Waals surface area contributed by atoms with Gasteiger partial charge in [0.15, 0.2) is 5.82 Å². The van der Waals surface area contributed by atoms with E-state index in [0.717, 1.165) is 38.0 Å². The fraction of sp³-hybridized carbons (Fsp3) is 0.625. The Bertz CT molecular complexity index is 599. The van der Waals surface area contributed by atoms with E-state index in [1.54, 1.807) is 19.3 Å². The summed E-state index contributed by atoms with van der Waals surface area (Å²) in [6, 6.07) is 0. The molecule has 3 rings (SSSR count). The number of carbonyl (C=O) groups is 2. The zero-order valence-corrected chi connectivity index (χ0v) is 13.6. The summed E-state index contributed by atoms with van der Waals surface area (Å²) in [5.74, 6) is 1.20. The zero-order chi connectivity index (χ0) is 16.4. The van der Waals surface area contributed by atoms with Crippen LogP contribution in [0.3, 0.4) is 0 Å². The summed E-state index contributed by atoms with van der Waals surface area (Å²) in [6.07, 6.45) is 5.66. The molecule has 7 nitrogen and oxygen atoms in total. The molecule has 2 fully saturated rings. The van der Waals surface area contributed by atoms with Gasteiger partial charge in [0.05, 0.1) is 18.4 Å². The van der Waals surface area contributed by atoms with Gasteiger partial charge in [-0.3, -0.25) is 14.7 Å². The lowest BCUT2D eigenvalue weighted by Gasteiger charge is -2.31. The molecule has 2 saturated heterocycles. The molecule has 0 bridgehead atoms. The van der Waals surface area contributed by atoms with Gasteiger partial charge in [0, 0.05) is 26.2 Å². The van der Waals surface area contributed by atoms with Gasteiger partial charge in [0.25, 0.3) is 0 Å². The molecule has 2 aliphatic heterocycles. The molecule has 0 N–H and O–H groups in total. The van der Waals surface area contributed by atoms with Crippen LogP contribution >= 0.6 is 0 Å². The molecule has 2 aliphatic rings. The maximum absolute atomic E-state index is 11.8. The minimum absolute atomic E-state index is 0.121. The van der Waals surface area contributed by atoms with Crippen molar-refractivity contribution in [1.82, 2.24) is 14.9 Å². The van der Waals surface area contributed by atoms with E-state index in [9.17, 15) is 9.59 Å². The van der Waals surface area contributed by atoms with Crippen LogP contribution in [0.5, 0.6) is 0 Å². The first-order chi connectivity index (χ1) is 11.0. The predicted molar refractivity (Wildman–Crippen MR) is 84.0 cm³/mol. The number of aromatic nitrogens is 2. The molecule has 0 aromatic carbocycles. The Morgan fingerprint density at radius 3 is 2.70 bits per heavy atom. The SMILES string of the molecule is CC(=O)N1CCC(Cc2cncc(N3C[C@@H](C)OC3=O)n2)CC1. The Morgan fingerprint density at radius 2 is 2.09 bits per heavy atom. The van der Waals surface area contributed by atoms with Gasteiger partial charge < -0.3 is 9.64 Å². The molecule has 1 aromatic heterocycles. The second-order valence-corrected chi connectivity index (χ2v) is 6.33. The van der Waals surface area contributed by atoms with Crippen LogP contribution in [0.2, 0.25) is 0 Å². The van der Waals surface area contributed by atoms with Gasteiger partial charge in [-0.2, -0.15) is 0 Å². The highest BCUT2D eigenvalue weighted by Gasteiger charge is 2.30. The van der Waals surface area contributed by atoms with Crippen LogP contribution in [0.25, 0.3) is 0 Å². The van der Waals surface area contributed by atoms with Gasteiger partial charge >= 0.3 is 6.09 Å². The smallest absolute Gasteiger partial charge is 0.415 e. The normalized spacial score (nSPS) is 22.3. The fourth-order valence-corrected chi connectivity index (χ4v) is 3.16. The lowest BCUT2D eigenvalue weighted by Crippen LogP contribution is -2.37. The summed E-state index contributed by atoms with van der Waals surface area (Å²) in [7, 11) is 0. The molecule has 0 saturated carbocycles. The molecule has 1 aromatic rings. The maximum Gasteiger partial charge on any atom is 0.415 e.